The molecule has 0 fully saturated rings. The molecule has 2 heterocycles. The van der Waals surface area contributed by atoms with Gasteiger partial charge in [0.05, 0.1) is 0 Å². The Morgan fingerprint density at radius 3 is 2.35 bits per heavy atom. The van der Waals surface area contributed by atoms with Crippen LogP contribution in [0.15, 0.2) is 60.8 Å². The van der Waals surface area contributed by atoms with Crippen molar-refractivity contribution in [2.75, 3.05) is 0 Å². The minimum absolute atomic E-state index is 0.180. The van der Waals surface area contributed by atoms with Crippen LogP contribution in [0.2, 0.25) is 0 Å². The van der Waals surface area contributed by atoms with E-state index < -0.39 is 11.8 Å². The van der Waals surface area contributed by atoms with Gasteiger partial charge in [0.1, 0.15) is 5.69 Å². The number of fused-ring (bicyclic) bond motifs is 1. The van der Waals surface area contributed by atoms with E-state index in [-0.39, 0.29) is 5.69 Å². The highest BCUT2D eigenvalue weighted by molar-refractivity contribution is 6.40. The molecule has 1 N–H and O–H groups in total. The van der Waals surface area contributed by atoms with Crippen molar-refractivity contribution >= 4 is 17.3 Å². The Bertz CT molecular complexity index is 803. The van der Waals surface area contributed by atoms with E-state index in [0.717, 1.165) is 11.1 Å². The lowest BCUT2D eigenvalue weighted by Gasteiger charge is -2.03. The van der Waals surface area contributed by atoms with Gasteiger partial charge in [-0.25, -0.2) is 4.79 Å². The second kappa shape index (κ2) is 4.66. The highest BCUT2D eigenvalue weighted by Crippen LogP contribution is 2.28. The van der Waals surface area contributed by atoms with Crippen LogP contribution in [-0.2, 0) is 4.79 Å². The molecule has 0 saturated carbocycles. The van der Waals surface area contributed by atoms with Crippen molar-refractivity contribution in [1.29, 1.82) is 0 Å². The lowest BCUT2D eigenvalue weighted by molar-refractivity contribution is -0.131. The molecule has 0 radical (unpaired) electrons. The molecule has 0 spiro atoms. The number of rotatable bonds is 3. The molecule has 98 valence electrons. The lowest BCUT2D eigenvalue weighted by atomic mass is 10.0. The van der Waals surface area contributed by atoms with Crippen LogP contribution in [0.4, 0.5) is 0 Å². The minimum atomic E-state index is -1.45. The molecule has 0 amide bonds. The maximum Gasteiger partial charge on any atom is 0.378 e. The minimum Gasteiger partial charge on any atom is -0.475 e. The summed E-state index contributed by atoms with van der Waals surface area (Å²) in [6, 6.07) is 16.6. The Hall–Kier alpha value is -2.88. The van der Waals surface area contributed by atoms with Gasteiger partial charge in [-0.3, -0.25) is 4.79 Å². The number of ketones is 1. The predicted molar refractivity (Wildman–Crippen MR) is 74.8 cm³/mol. The van der Waals surface area contributed by atoms with Gasteiger partial charge in [-0.1, -0.05) is 36.4 Å². The number of hydrogen-bond donors (Lipinski definition) is 1. The maximum atomic E-state index is 12.0. The molecule has 0 aliphatic rings. The van der Waals surface area contributed by atoms with E-state index >= 15 is 0 Å². The summed E-state index contributed by atoms with van der Waals surface area (Å²) in [4.78, 5) is 23.1. The molecule has 0 aliphatic carbocycles. The van der Waals surface area contributed by atoms with Gasteiger partial charge in [-0.2, -0.15) is 0 Å². The molecule has 2 aromatic heterocycles. The average Bonchev–Trinajstić information content (AvgIpc) is 2.86. The summed E-state index contributed by atoms with van der Waals surface area (Å²) in [5.74, 6) is -2.36. The highest BCUT2D eigenvalue weighted by Gasteiger charge is 2.23. The predicted octanol–water partition coefficient (Wildman–Crippen LogP) is 2.87. The highest BCUT2D eigenvalue weighted by atomic mass is 16.4. The second-order valence-corrected chi connectivity index (χ2v) is 4.40. The molecule has 0 unspecified atom stereocenters. The van der Waals surface area contributed by atoms with Crippen LogP contribution >= 0.6 is 0 Å². The van der Waals surface area contributed by atoms with E-state index in [4.69, 9.17) is 5.11 Å². The van der Waals surface area contributed by atoms with Crippen LogP contribution in [0.25, 0.3) is 16.6 Å². The van der Waals surface area contributed by atoms with Crippen LogP contribution in [0.1, 0.15) is 10.5 Å². The number of carboxylic acid groups (broad SMARTS) is 1. The molecular formula is C16H11NO3. The van der Waals surface area contributed by atoms with Crippen molar-refractivity contribution in [2.24, 2.45) is 0 Å². The van der Waals surface area contributed by atoms with Crippen molar-refractivity contribution in [3.8, 4) is 11.1 Å². The Balaban J connectivity index is 2.34. The summed E-state index contributed by atoms with van der Waals surface area (Å²) in [5, 5.41) is 9.02. The average molecular weight is 265 g/mol. The molecule has 0 saturated heterocycles. The quantitative estimate of drug-likeness (QED) is 0.585. The molecule has 0 atom stereocenters. The first kappa shape index (κ1) is 12.2. The second-order valence-electron chi connectivity index (χ2n) is 4.40. The first-order valence-corrected chi connectivity index (χ1v) is 6.11. The number of hydrogen-bond acceptors (Lipinski definition) is 2. The van der Waals surface area contributed by atoms with Gasteiger partial charge < -0.3 is 9.51 Å². The van der Waals surface area contributed by atoms with Crippen LogP contribution in [0, 0.1) is 0 Å². The van der Waals surface area contributed by atoms with Gasteiger partial charge in [0.25, 0.3) is 5.78 Å². The molecule has 1 aromatic carbocycles. The zero-order valence-corrected chi connectivity index (χ0v) is 10.5. The zero-order valence-electron chi connectivity index (χ0n) is 10.5. The van der Waals surface area contributed by atoms with Crippen LogP contribution < -0.4 is 0 Å². The van der Waals surface area contributed by atoms with Gasteiger partial charge in [-0.15, -0.1) is 0 Å². The maximum absolute atomic E-state index is 12.0. The third-order valence-electron chi connectivity index (χ3n) is 3.17. The molecular weight excluding hydrogens is 254 g/mol. The number of benzene rings is 1. The van der Waals surface area contributed by atoms with E-state index in [0.29, 0.717) is 5.56 Å². The third-order valence-corrected chi connectivity index (χ3v) is 3.17. The molecule has 0 bridgehead atoms. The van der Waals surface area contributed by atoms with Gasteiger partial charge in [0.2, 0.25) is 0 Å². The third kappa shape index (κ3) is 1.87. The summed E-state index contributed by atoms with van der Waals surface area (Å²) in [5.41, 5.74) is 2.42. The van der Waals surface area contributed by atoms with Crippen molar-refractivity contribution in [3.05, 3.63) is 66.5 Å². The fraction of sp³-hybridized carbons (Fsp3) is 0. The van der Waals surface area contributed by atoms with Crippen molar-refractivity contribution in [2.45, 2.75) is 0 Å². The van der Waals surface area contributed by atoms with Gasteiger partial charge in [0.15, 0.2) is 0 Å². The van der Waals surface area contributed by atoms with E-state index in [1.807, 2.05) is 48.5 Å². The number of carboxylic acids is 1. The van der Waals surface area contributed by atoms with E-state index in [1.165, 1.54) is 0 Å². The Morgan fingerprint density at radius 2 is 1.65 bits per heavy atom. The van der Waals surface area contributed by atoms with E-state index in [2.05, 4.69) is 0 Å². The van der Waals surface area contributed by atoms with Crippen LogP contribution in [0.3, 0.4) is 0 Å². The molecule has 0 aliphatic heterocycles. The monoisotopic (exact) mass is 265 g/mol. The molecule has 3 rings (SSSR count). The smallest absolute Gasteiger partial charge is 0.378 e. The number of carbonyl (C=O) groups excluding carboxylic acids is 1. The summed E-state index contributed by atoms with van der Waals surface area (Å²) >= 11 is 0. The number of pyridine rings is 1. The topological polar surface area (TPSA) is 58.8 Å². The Kier molecular flexibility index (Phi) is 2.84. The zero-order chi connectivity index (χ0) is 14.1. The lowest BCUT2D eigenvalue weighted by Crippen LogP contribution is -2.15. The van der Waals surface area contributed by atoms with E-state index in [1.54, 1.807) is 16.7 Å². The first-order valence-electron chi connectivity index (χ1n) is 6.11. The van der Waals surface area contributed by atoms with Gasteiger partial charge in [-0.05, 0) is 23.8 Å². The Labute approximate surface area is 114 Å². The molecule has 20 heavy (non-hydrogen) atoms. The molecule has 3 aromatic rings. The fourth-order valence-corrected chi connectivity index (χ4v) is 2.29. The number of Topliss-reactive ketones (excluding diaryl/α,β-unsaturated/α-hetero) is 1. The number of carbonyl (C=O) groups is 2. The number of nitrogens with zero attached hydrogens (tertiary/aromatic N) is 1. The summed E-state index contributed by atoms with van der Waals surface area (Å²) in [6.07, 6.45) is 1.69. The number of aliphatic carboxylic acids is 1. The summed E-state index contributed by atoms with van der Waals surface area (Å²) in [6.45, 7) is 0. The summed E-state index contributed by atoms with van der Waals surface area (Å²) < 4.78 is 1.61. The number of aromatic nitrogens is 1. The van der Waals surface area contributed by atoms with Crippen LogP contribution in [0.5, 0.6) is 0 Å². The van der Waals surface area contributed by atoms with Gasteiger partial charge in [0, 0.05) is 17.3 Å². The Morgan fingerprint density at radius 1 is 0.950 bits per heavy atom. The van der Waals surface area contributed by atoms with E-state index in [9.17, 15) is 9.59 Å². The fourth-order valence-electron chi connectivity index (χ4n) is 2.29. The largest absolute Gasteiger partial charge is 0.475 e. The van der Waals surface area contributed by atoms with Crippen molar-refractivity contribution in [3.63, 3.8) is 0 Å². The standard InChI is InChI=1S/C16H11NO3/c18-15(16(19)20)14-13(11-6-2-1-3-7-11)10-12-8-4-5-9-17(12)14/h1-10H,(H,19,20). The van der Waals surface area contributed by atoms with Gasteiger partial charge >= 0.3 is 5.97 Å². The van der Waals surface area contributed by atoms with Crippen molar-refractivity contribution < 1.29 is 14.7 Å². The molecule has 4 nitrogen and oxygen atoms in total. The first-order chi connectivity index (χ1) is 9.68. The van der Waals surface area contributed by atoms with Crippen LogP contribution in [-0.4, -0.2) is 21.3 Å². The summed E-state index contributed by atoms with van der Waals surface area (Å²) in [7, 11) is 0. The normalized spacial score (nSPS) is 10.6. The SMILES string of the molecule is O=C(O)C(=O)c1c(-c2ccccc2)cc2ccccn12. The molecule has 4 heteroatoms. The van der Waals surface area contributed by atoms with Crippen molar-refractivity contribution in [1.82, 2.24) is 4.40 Å².